The van der Waals surface area contributed by atoms with Crippen molar-refractivity contribution in [1.29, 1.82) is 0 Å². The topological polar surface area (TPSA) is 55.3 Å². The summed E-state index contributed by atoms with van der Waals surface area (Å²) >= 11 is 0. The lowest BCUT2D eigenvalue weighted by molar-refractivity contribution is 0.00888. The Balaban J connectivity index is 1.47. The van der Waals surface area contributed by atoms with Crippen LogP contribution in [0.1, 0.15) is 48.2 Å². The molecule has 3 heterocycles. The monoisotopic (exact) mass is 351 g/mol. The van der Waals surface area contributed by atoms with Gasteiger partial charge in [0, 0.05) is 30.6 Å². The molecule has 26 heavy (non-hydrogen) atoms. The van der Waals surface area contributed by atoms with Gasteiger partial charge < -0.3 is 4.74 Å². The normalized spacial score (nSPS) is 25.7. The molecule has 4 rings (SSSR count). The van der Waals surface area contributed by atoms with Gasteiger partial charge in [0.25, 0.3) is 0 Å². The van der Waals surface area contributed by atoms with Gasteiger partial charge in [-0.1, -0.05) is 36.8 Å². The van der Waals surface area contributed by atoms with Crippen LogP contribution in [0.25, 0.3) is 0 Å². The second-order valence-electron chi connectivity index (χ2n) is 7.39. The van der Waals surface area contributed by atoms with E-state index in [4.69, 9.17) is 4.74 Å². The first kappa shape index (κ1) is 17.2. The minimum atomic E-state index is 0.0556. The van der Waals surface area contributed by atoms with Crippen LogP contribution in [-0.2, 0) is 6.54 Å². The number of nitrogens with zero attached hydrogens (tertiary/aromatic N) is 3. The Kier molecular flexibility index (Phi) is 4.98. The summed E-state index contributed by atoms with van der Waals surface area (Å²) in [6, 6.07) is 15.1. The number of fused-ring (bicyclic) bond motifs is 2. The molecule has 2 saturated heterocycles. The Bertz CT molecular complexity index is 734. The molecule has 2 fully saturated rings. The highest BCUT2D eigenvalue weighted by molar-refractivity contribution is 5.96. The van der Waals surface area contributed by atoms with E-state index in [9.17, 15) is 4.79 Å². The summed E-state index contributed by atoms with van der Waals surface area (Å²) in [7, 11) is 1.55. The zero-order chi connectivity index (χ0) is 17.9. The standard InChI is InChI=1S/C21H25N3O2/c1-26-20-11-10-19(22-23-20)21(25)16-12-17-8-5-9-18(13-16)24(17)14-15-6-3-2-4-7-15/h2-4,6-7,10-11,16-18H,5,8-9,12-14H2,1H3. The van der Waals surface area contributed by atoms with Crippen LogP contribution in [-0.4, -0.2) is 40.1 Å². The van der Waals surface area contributed by atoms with Crippen molar-refractivity contribution in [3.8, 4) is 5.88 Å². The number of carbonyl (C=O) groups is 1. The van der Waals surface area contributed by atoms with Gasteiger partial charge in [-0.3, -0.25) is 9.69 Å². The van der Waals surface area contributed by atoms with Crippen LogP contribution < -0.4 is 4.74 Å². The number of ether oxygens (including phenoxy) is 1. The van der Waals surface area contributed by atoms with Crippen LogP contribution in [0.4, 0.5) is 0 Å². The first-order valence-corrected chi connectivity index (χ1v) is 9.46. The van der Waals surface area contributed by atoms with E-state index in [1.807, 2.05) is 0 Å². The number of aromatic nitrogens is 2. The fourth-order valence-electron chi connectivity index (χ4n) is 4.51. The Morgan fingerprint density at radius 2 is 1.81 bits per heavy atom. The van der Waals surface area contributed by atoms with Crippen molar-refractivity contribution in [2.45, 2.75) is 50.7 Å². The molecular weight excluding hydrogens is 326 g/mol. The highest BCUT2D eigenvalue weighted by atomic mass is 16.5. The van der Waals surface area contributed by atoms with Crippen molar-refractivity contribution in [2.24, 2.45) is 5.92 Å². The predicted molar refractivity (Wildman–Crippen MR) is 99.1 cm³/mol. The van der Waals surface area contributed by atoms with Gasteiger partial charge in [0.05, 0.1) is 7.11 Å². The number of carbonyl (C=O) groups excluding carboxylic acids is 1. The van der Waals surface area contributed by atoms with Gasteiger partial charge in [-0.05, 0) is 37.3 Å². The fourth-order valence-corrected chi connectivity index (χ4v) is 4.51. The first-order chi connectivity index (χ1) is 12.7. The van der Waals surface area contributed by atoms with Crippen molar-refractivity contribution in [1.82, 2.24) is 15.1 Å². The quantitative estimate of drug-likeness (QED) is 0.772. The highest BCUT2D eigenvalue weighted by Crippen LogP contribution is 2.39. The average molecular weight is 351 g/mol. The zero-order valence-corrected chi connectivity index (χ0v) is 15.2. The van der Waals surface area contributed by atoms with Crippen molar-refractivity contribution < 1.29 is 9.53 Å². The van der Waals surface area contributed by atoms with E-state index in [0.717, 1.165) is 19.4 Å². The largest absolute Gasteiger partial charge is 0.480 e. The zero-order valence-electron chi connectivity index (χ0n) is 15.2. The van der Waals surface area contributed by atoms with Crippen LogP contribution in [0.5, 0.6) is 5.88 Å². The molecule has 0 amide bonds. The van der Waals surface area contributed by atoms with Crippen molar-refractivity contribution >= 4 is 5.78 Å². The number of hydrogen-bond donors (Lipinski definition) is 0. The number of hydrogen-bond acceptors (Lipinski definition) is 5. The van der Waals surface area contributed by atoms with Crippen LogP contribution in [0, 0.1) is 5.92 Å². The Labute approximate surface area is 154 Å². The van der Waals surface area contributed by atoms with E-state index < -0.39 is 0 Å². The SMILES string of the molecule is COc1ccc(C(=O)C2CC3CCCC(C2)N3Cc2ccccc2)nn1. The van der Waals surface area contributed by atoms with Crippen LogP contribution in [0.2, 0.25) is 0 Å². The third-order valence-electron chi connectivity index (χ3n) is 5.81. The van der Waals surface area contributed by atoms with E-state index in [1.54, 1.807) is 19.2 Å². The fraction of sp³-hybridized carbons (Fsp3) is 0.476. The predicted octanol–water partition coefficient (Wildman–Crippen LogP) is 3.50. The molecule has 0 N–H and O–H groups in total. The molecule has 2 aliphatic rings. The van der Waals surface area contributed by atoms with E-state index in [0.29, 0.717) is 23.7 Å². The maximum absolute atomic E-state index is 12.9. The molecule has 1 aromatic heterocycles. The second kappa shape index (κ2) is 7.54. The molecule has 0 spiro atoms. The van der Waals surface area contributed by atoms with Crippen LogP contribution in [0.3, 0.4) is 0 Å². The molecule has 2 atom stereocenters. The summed E-state index contributed by atoms with van der Waals surface area (Å²) in [6.45, 7) is 0.986. The van der Waals surface area contributed by atoms with E-state index in [2.05, 4.69) is 45.4 Å². The van der Waals surface area contributed by atoms with E-state index >= 15 is 0 Å². The molecule has 2 unspecified atom stereocenters. The van der Waals surface area contributed by atoms with Gasteiger partial charge >= 0.3 is 0 Å². The Hall–Kier alpha value is -2.27. The molecular formula is C21H25N3O2. The smallest absolute Gasteiger partial charge is 0.233 e. The van der Waals surface area contributed by atoms with Gasteiger partial charge in [0.15, 0.2) is 5.78 Å². The number of piperidine rings is 2. The maximum Gasteiger partial charge on any atom is 0.233 e. The summed E-state index contributed by atoms with van der Waals surface area (Å²) in [5.41, 5.74) is 1.82. The summed E-state index contributed by atoms with van der Waals surface area (Å²) < 4.78 is 5.03. The average Bonchev–Trinajstić information content (AvgIpc) is 2.68. The highest BCUT2D eigenvalue weighted by Gasteiger charge is 2.40. The second-order valence-corrected chi connectivity index (χ2v) is 7.39. The third kappa shape index (κ3) is 3.49. The molecule has 5 heteroatoms. The molecule has 0 radical (unpaired) electrons. The van der Waals surface area contributed by atoms with Crippen molar-refractivity contribution in [2.75, 3.05) is 7.11 Å². The molecule has 1 aromatic carbocycles. The molecule has 0 saturated carbocycles. The van der Waals surface area contributed by atoms with Crippen LogP contribution in [0.15, 0.2) is 42.5 Å². The van der Waals surface area contributed by atoms with Gasteiger partial charge in [0.1, 0.15) is 5.69 Å². The summed E-state index contributed by atoms with van der Waals surface area (Å²) in [4.78, 5) is 15.6. The molecule has 136 valence electrons. The summed E-state index contributed by atoms with van der Waals surface area (Å²) in [5, 5.41) is 8.02. The molecule has 2 aromatic rings. The number of Topliss-reactive ketones (excluding diaryl/α,β-unsaturated/α-hetero) is 1. The first-order valence-electron chi connectivity index (χ1n) is 9.46. The maximum atomic E-state index is 12.9. The van der Waals surface area contributed by atoms with Crippen LogP contribution >= 0.6 is 0 Å². The van der Waals surface area contributed by atoms with Crippen molar-refractivity contribution in [3.05, 3.63) is 53.7 Å². The minimum absolute atomic E-state index is 0.0556. The molecule has 2 aliphatic heterocycles. The number of benzene rings is 1. The number of methoxy groups -OCH3 is 1. The molecule has 0 aliphatic carbocycles. The number of ketones is 1. The summed E-state index contributed by atoms with van der Waals surface area (Å²) in [6.07, 6.45) is 5.48. The van der Waals surface area contributed by atoms with Gasteiger partial charge in [-0.2, -0.15) is 0 Å². The Morgan fingerprint density at radius 1 is 1.08 bits per heavy atom. The number of rotatable bonds is 5. The van der Waals surface area contributed by atoms with Gasteiger partial charge in [0.2, 0.25) is 5.88 Å². The molecule has 5 nitrogen and oxygen atoms in total. The van der Waals surface area contributed by atoms with Gasteiger partial charge in [-0.25, -0.2) is 0 Å². The van der Waals surface area contributed by atoms with E-state index in [1.165, 1.54) is 24.8 Å². The molecule has 2 bridgehead atoms. The van der Waals surface area contributed by atoms with Gasteiger partial charge in [-0.15, -0.1) is 10.2 Å². The lowest BCUT2D eigenvalue weighted by Gasteiger charge is -2.48. The lowest BCUT2D eigenvalue weighted by Crippen LogP contribution is -2.52. The lowest BCUT2D eigenvalue weighted by atomic mass is 9.76. The van der Waals surface area contributed by atoms with E-state index in [-0.39, 0.29) is 11.7 Å². The van der Waals surface area contributed by atoms with Crippen molar-refractivity contribution in [3.63, 3.8) is 0 Å². The Morgan fingerprint density at radius 3 is 2.42 bits per heavy atom. The minimum Gasteiger partial charge on any atom is -0.480 e. The summed E-state index contributed by atoms with van der Waals surface area (Å²) in [5.74, 6) is 0.632. The third-order valence-corrected chi connectivity index (χ3v) is 5.81.